The van der Waals surface area contributed by atoms with Gasteiger partial charge in [-0.2, -0.15) is 0 Å². The van der Waals surface area contributed by atoms with Gasteiger partial charge in [0.2, 0.25) is 0 Å². The molecule has 0 unspecified atom stereocenters. The highest BCUT2D eigenvalue weighted by molar-refractivity contribution is 5.99. The van der Waals surface area contributed by atoms with Crippen molar-refractivity contribution in [1.29, 1.82) is 0 Å². The second kappa shape index (κ2) is 5.01. The zero-order valence-electron chi connectivity index (χ0n) is 9.97. The Bertz CT molecular complexity index is 442. The summed E-state index contributed by atoms with van der Waals surface area (Å²) in [4.78, 5) is 16.1. The van der Waals surface area contributed by atoms with Crippen LogP contribution in [0.1, 0.15) is 15.9 Å². The molecule has 0 saturated heterocycles. The van der Waals surface area contributed by atoms with Crippen LogP contribution in [0.5, 0.6) is 0 Å². The molecule has 0 radical (unpaired) electrons. The second-order valence-corrected chi connectivity index (χ2v) is 4.23. The summed E-state index contributed by atoms with van der Waals surface area (Å²) in [6.45, 7) is 1.56. The van der Waals surface area contributed by atoms with E-state index in [0.717, 1.165) is 17.8 Å². The average Bonchev–Trinajstić information content (AvgIpc) is 2.74. The van der Waals surface area contributed by atoms with E-state index in [1.807, 2.05) is 53.5 Å². The number of carbonyl (C=O) groups is 1. The average molecular weight is 231 g/mol. The minimum absolute atomic E-state index is 0.117. The smallest absolute Gasteiger partial charge is 0.182 e. The van der Waals surface area contributed by atoms with Gasteiger partial charge in [-0.15, -0.1) is 0 Å². The minimum atomic E-state index is 0.117. The van der Waals surface area contributed by atoms with Crippen LogP contribution in [0.2, 0.25) is 0 Å². The highest BCUT2D eigenvalue weighted by Gasteiger charge is 2.15. The van der Waals surface area contributed by atoms with Crippen molar-refractivity contribution in [3.05, 3.63) is 47.8 Å². The second-order valence-electron chi connectivity index (χ2n) is 4.23. The molecule has 0 spiro atoms. The summed E-state index contributed by atoms with van der Waals surface area (Å²) in [7, 11) is 1.98. The Morgan fingerprint density at radius 2 is 2.12 bits per heavy atom. The summed E-state index contributed by atoms with van der Waals surface area (Å²) < 4.78 is 0. The van der Waals surface area contributed by atoms with Gasteiger partial charge < -0.3 is 15.5 Å². The van der Waals surface area contributed by atoms with Gasteiger partial charge >= 0.3 is 0 Å². The molecule has 0 bridgehead atoms. The predicted octanol–water partition coefficient (Wildman–Crippen LogP) is 1.00. The van der Waals surface area contributed by atoms with Crippen LogP contribution >= 0.6 is 0 Å². The van der Waals surface area contributed by atoms with Crippen molar-refractivity contribution in [2.24, 2.45) is 5.73 Å². The third kappa shape index (κ3) is 2.65. The first kappa shape index (κ1) is 11.7. The maximum absolute atomic E-state index is 12.1. The number of nitrogens with zero attached hydrogens (tertiary/aromatic N) is 2. The molecule has 2 rings (SSSR count). The minimum Gasteiger partial charge on any atom is -0.362 e. The lowest BCUT2D eigenvalue weighted by Crippen LogP contribution is -2.28. The van der Waals surface area contributed by atoms with E-state index in [1.54, 1.807) is 0 Å². The molecule has 4 nitrogen and oxygen atoms in total. The molecule has 2 N–H and O–H groups in total. The molecule has 90 valence electrons. The molecule has 1 aliphatic heterocycles. The number of hydrogen-bond acceptors (Lipinski definition) is 4. The fourth-order valence-electron chi connectivity index (χ4n) is 1.93. The largest absolute Gasteiger partial charge is 0.362 e. The number of rotatable bonds is 4. The van der Waals surface area contributed by atoms with Crippen LogP contribution in [0.3, 0.4) is 0 Å². The van der Waals surface area contributed by atoms with Crippen molar-refractivity contribution in [2.75, 3.05) is 20.3 Å². The monoisotopic (exact) mass is 231 g/mol. The number of benzene rings is 1. The summed E-state index contributed by atoms with van der Waals surface area (Å²) >= 11 is 0. The van der Waals surface area contributed by atoms with Crippen molar-refractivity contribution in [1.82, 2.24) is 9.80 Å². The first-order valence-corrected chi connectivity index (χ1v) is 5.64. The Kier molecular flexibility index (Phi) is 3.44. The summed E-state index contributed by atoms with van der Waals surface area (Å²) in [5, 5.41) is 0. The van der Waals surface area contributed by atoms with Crippen LogP contribution in [0.4, 0.5) is 0 Å². The molecule has 0 fully saturated rings. The number of Topliss-reactive ketones (excluding diaryl/α,β-unsaturated/α-hetero) is 1. The number of carbonyl (C=O) groups excluding carboxylic acids is 1. The number of hydrogen-bond donors (Lipinski definition) is 1. The molecule has 0 aliphatic carbocycles. The topological polar surface area (TPSA) is 49.6 Å². The molecule has 0 atom stereocenters. The molecule has 17 heavy (non-hydrogen) atoms. The van der Waals surface area contributed by atoms with Gasteiger partial charge in [0.25, 0.3) is 0 Å². The molecule has 4 heteroatoms. The van der Waals surface area contributed by atoms with Gasteiger partial charge in [0.1, 0.15) is 0 Å². The van der Waals surface area contributed by atoms with Crippen molar-refractivity contribution in [2.45, 2.75) is 6.54 Å². The lowest BCUT2D eigenvalue weighted by molar-refractivity contribution is 0.0947. The van der Waals surface area contributed by atoms with Crippen LogP contribution < -0.4 is 5.73 Å². The maximum atomic E-state index is 12.1. The van der Waals surface area contributed by atoms with E-state index in [9.17, 15) is 4.79 Å². The summed E-state index contributed by atoms with van der Waals surface area (Å²) in [6.07, 6.45) is 3.89. The molecule has 0 aromatic heterocycles. The van der Waals surface area contributed by atoms with Crippen LogP contribution in [-0.4, -0.2) is 35.8 Å². The Morgan fingerprint density at radius 1 is 1.35 bits per heavy atom. The zero-order valence-corrected chi connectivity index (χ0v) is 9.97. The van der Waals surface area contributed by atoms with E-state index in [0.29, 0.717) is 13.1 Å². The Hall–Kier alpha value is -1.81. The SMILES string of the molecule is CN1C=CN(CC(=O)c2ccccc2CN)C1. The van der Waals surface area contributed by atoms with Gasteiger partial charge in [-0.25, -0.2) is 0 Å². The fraction of sp³-hybridized carbons (Fsp3) is 0.308. The first-order valence-electron chi connectivity index (χ1n) is 5.64. The standard InChI is InChI=1S/C13H17N3O/c1-15-6-7-16(10-15)9-13(17)12-5-3-2-4-11(12)8-14/h2-7H,8-10,14H2,1H3. The van der Waals surface area contributed by atoms with Gasteiger partial charge in [0.05, 0.1) is 13.2 Å². The third-order valence-corrected chi connectivity index (χ3v) is 2.82. The Morgan fingerprint density at radius 3 is 2.76 bits per heavy atom. The summed E-state index contributed by atoms with van der Waals surface area (Å²) in [5.74, 6) is 0.117. The quantitative estimate of drug-likeness (QED) is 0.786. The van der Waals surface area contributed by atoms with E-state index in [4.69, 9.17) is 5.73 Å². The molecule has 0 amide bonds. The highest BCUT2D eigenvalue weighted by Crippen LogP contribution is 2.11. The highest BCUT2D eigenvalue weighted by atomic mass is 16.1. The number of nitrogens with two attached hydrogens (primary N) is 1. The van der Waals surface area contributed by atoms with E-state index < -0.39 is 0 Å². The molecule has 1 aliphatic rings. The molecular weight excluding hydrogens is 214 g/mol. The van der Waals surface area contributed by atoms with E-state index in [-0.39, 0.29) is 5.78 Å². The molecule has 0 saturated carbocycles. The maximum Gasteiger partial charge on any atom is 0.182 e. The summed E-state index contributed by atoms with van der Waals surface area (Å²) in [6, 6.07) is 7.52. The Balaban J connectivity index is 2.07. The van der Waals surface area contributed by atoms with Gasteiger partial charge in [-0.3, -0.25) is 4.79 Å². The van der Waals surface area contributed by atoms with E-state index >= 15 is 0 Å². The fourth-order valence-corrected chi connectivity index (χ4v) is 1.93. The zero-order chi connectivity index (χ0) is 12.3. The van der Waals surface area contributed by atoms with Crippen LogP contribution in [-0.2, 0) is 6.54 Å². The lowest BCUT2D eigenvalue weighted by Gasteiger charge is -2.17. The number of ketones is 1. The lowest BCUT2D eigenvalue weighted by atomic mass is 10.0. The van der Waals surface area contributed by atoms with E-state index in [2.05, 4.69) is 0 Å². The molecular formula is C13H17N3O. The van der Waals surface area contributed by atoms with Crippen LogP contribution in [0.15, 0.2) is 36.7 Å². The van der Waals surface area contributed by atoms with Crippen LogP contribution in [0, 0.1) is 0 Å². The van der Waals surface area contributed by atoms with Gasteiger partial charge in [0, 0.05) is 31.6 Å². The first-order chi connectivity index (χ1) is 8.20. The molecule has 1 aromatic carbocycles. The van der Waals surface area contributed by atoms with Crippen LogP contribution in [0.25, 0.3) is 0 Å². The third-order valence-electron chi connectivity index (χ3n) is 2.82. The molecule has 1 heterocycles. The summed E-state index contributed by atoms with van der Waals surface area (Å²) in [5.41, 5.74) is 7.28. The van der Waals surface area contributed by atoms with Crippen molar-refractivity contribution >= 4 is 5.78 Å². The normalized spacial score (nSPS) is 14.5. The van der Waals surface area contributed by atoms with Crippen molar-refractivity contribution in [3.8, 4) is 0 Å². The Labute approximate surface area is 101 Å². The van der Waals surface area contributed by atoms with Gasteiger partial charge in [-0.1, -0.05) is 24.3 Å². The van der Waals surface area contributed by atoms with Crippen molar-refractivity contribution < 1.29 is 4.79 Å². The predicted molar refractivity (Wildman–Crippen MR) is 67.1 cm³/mol. The molecule has 1 aromatic rings. The van der Waals surface area contributed by atoms with Gasteiger partial charge in [0.15, 0.2) is 5.78 Å². The van der Waals surface area contributed by atoms with Crippen molar-refractivity contribution in [3.63, 3.8) is 0 Å². The van der Waals surface area contributed by atoms with Gasteiger partial charge in [-0.05, 0) is 5.56 Å². The van der Waals surface area contributed by atoms with E-state index in [1.165, 1.54) is 0 Å².